The Morgan fingerprint density at radius 1 is 1.17 bits per heavy atom. The highest BCUT2D eigenvalue weighted by Gasteiger charge is 2.17. The standard InChI is InChI=1S/C18H14N2O4/c1-11-14-10-13(21-2)5-7-15(14)23-17(11)18-19-16(24-20-18)8-6-12-4-3-9-22-12/h3-10H,1-2H3. The Morgan fingerprint density at radius 2 is 2.08 bits per heavy atom. The number of ether oxygens (including phenoxy) is 1. The molecule has 0 radical (unpaired) electrons. The molecule has 0 aliphatic rings. The van der Waals surface area contributed by atoms with E-state index in [2.05, 4.69) is 10.1 Å². The van der Waals surface area contributed by atoms with Crippen LogP contribution in [0.2, 0.25) is 0 Å². The second-order valence-electron chi connectivity index (χ2n) is 5.22. The zero-order valence-corrected chi connectivity index (χ0v) is 13.1. The minimum Gasteiger partial charge on any atom is -0.497 e. The maximum absolute atomic E-state index is 5.86. The Kier molecular flexibility index (Phi) is 3.42. The van der Waals surface area contributed by atoms with E-state index in [9.17, 15) is 0 Å². The zero-order chi connectivity index (χ0) is 16.5. The fraction of sp³-hybridized carbons (Fsp3) is 0.111. The van der Waals surface area contributed by atoms with Gasteiger partial charge in [-0.1, -0.05) is 5.16 Å². The number of hydrogen-bond acceptors (Lipinski definition) is 6. The molecule has 0 bridgehead atoms. The summed E-state index contributed by atoms with van der Waals surface area (Å²) in [4.78, 5) is 4.35. The second kappa shape index (κ2) is 5.73. The van der Waals surface area contributed by atoms with E-state index in [-0.39, 0.29) is 0 Å². The van der Waals surface area contributed by atoms with Crippen molar-refractivity contribution in [3.05, 3.63) is 53.8 Å². The highest BCUT2D eigenvalue weighted by molar-refractivity contribution is 5.87. The third-order valence-corrected chi connectivity index (χ3v) is 3.72. The minimum absolute atomic E-state index is 0.374. The molecule has 0 fully saturated rings. The molecule has 6 heteroatoms. The topological polar surface area (TPSA) is 74.4 Å². The molecule has 0 aliphatic carbocycles. The van der Waals surface area contributed by atoms with E-state index in [1.807, 2.05) is 37.3 Å². The Morgan fingerprint density at radius 3 is 2.88 bits per heavy atom. The largest absolute Gasteiger partial charge is 0.497 e. The van der Waals surface area contributed by atoms with Gasteiger partial charge in [-0.05, 0) is 43.3 Å². The van der Waals surface area contributed by atoms with Gasteiger partial charge in [0, 0.05) is 17.0 Å². The summed E-state index contributed by atoms with van der Waals surface area (Å²) in [5.41, 5.74) is 1.69. The van der Waals surface area contributed by atoms with Gasteiger partial charge in [0.2, 0.25) is 5.82 Å². The Balaban J connectivity index is 1.69. The molecule has 0 saturated heterocycles. The smallest absolute Gasteiger partial charge is 0.251 e. The lowest BCUT2D eigenvalue weighted by Crippen LogP contribution is -1.82. The van der Waals surface area contributed by atoms with Crippen molar-refractivity contribution in [3.8, 4) is 17.3 Å². The van der Waals surface area contributed by atoms with E-state index < -0.39 is 0 Å². The van der Waals surface area contributed by atoms with Gasteiger partial charge >= 0.3 is 0 Å². The first-order chi connectivity index (χ1) is 11.7. The Hall–Kier alpha value is -3.28. The van der Waals surface area contributed by atoms with Crippen molar-refractivity contribution in [2.45, 2.75) is 6.92 Å². The van der Waals surface area contributed by atoms with Crippen LogP contribution in [0, 0.1) is 6.92 Å². The van der Waals surface area contributed by atoms with E-state index in [4.69, 9.17) is 18.1 Å². The SMILES string of the molecule is COc1ccc2oc(-c3noc(C=Cc4ccco4)n3)c(C)c2c1. The van der Waals surface area contributed by atoms with Gasteiger partial charge < -0.3 is 18.1 Å². The summed E-state index contributed by atoms with van der Waals surface area (Å²) in [6, 6.07) is 9.29. The number of furan rings is 2. The maximum Gasteiger partial charge on any atom is 0.251 e. The molecule has 4 aromatic rings. The zero-order valence-electron chi connectivity index (χ0n) is 13.1. The number of rotatable bonds is 4. The molecular formula is C18H14N2O4. The lowest BCUT2D eigenvalue weighted by Gasteiger charge is -1.97. The van der Waals surface area contributed by atoms with E-state index in [0.29, 0.717) is 23.2 Å². The van der Waals surface area contributed by atoms with Crippen molar-refractivity contribution < 1.29 is 18.1 Å². The average Bonchev–Trinajstić information content (AvgIpc) is 3.33. The molecule has 4 rings (SSSR count). The van der Waals surface area contributed by atoms with Crippen molar-refractivity contribution >= 4 is 23.1 Å². The van der Waals surface area contributed by atoms with Crippen LogP contribution in [0.5, 0.6) is 5.75 Å². The number of aromatic nitrogens is 2. The van der Waals surface area contributed by atoms with Gasteiger partial charge in [0.1, 0.15) is 17.1 Å². The predicted molar refractivity (Wildman–Crippen MR) is 88.4 cm³/mol. The van der Waals surface area contributed by atoms with Gasteiger partial charge in [-0.3, -0.25) is 0 Å². The molecule has 0 spiro atoms. The van der Waals surface area contributed by atoms with Gasteiger partial charge in [0.05, 0.1) is 13.4 Å². The summed E-state index contributed by atoms with van der Waals surface area (Å²) in [5, 5.41) is 4.95. The number of methoxy groups -OCH3 is 1. The number of hydrogen-bond donors (Lipinski definition) is 0. The fourth-order valence-corrected chi connectivity index (χ4v) is 2.47. The van der Waals surface area contributed by atoms with Gasteiger partial charge in [-0.15, -0.1) is 0 Å². The van der Waals surface area contributed by atoms with Crippen LogP contribution in [0.1, 0.15) is 17.2 Å². The van der Waals surface area contributed by atoms with Crippen LogP contribution < -0.4 is 4.74 Å². The first-order valence-electron chi connectivity index (χ1n) is 7.37. The molecule has 24 heavy (non-hydrogen) atoms. The van der Waals surface area contributed by atoms with Crippen LogP contribution in [0.4, 0.5) is 0 Å². The summed E-state index contributed by atoms with van der Waals surface area (Å²) in [5.74, 6) is 2.84. The molecule has 6 nitrogen and oxygen atoms in total. The van der Waals surface area contributed by atoms with Crippen LogP contribution in [-0.2, 0) is 0 Å². The molecular weight excluding hydrogens is 308 g/mol. The molecule has 0 unspecified atom stereocenters. The van der Waals surface area contributed by atoms with Crippen molar-refractivity contribution in [1.82, 2.24) is 10.1 Å². The number of fused-ring (bicyclic) bond motifs is 1. The van der Waals surface area contributed by atoms with Crippen LogP contribution >= 0.6 is 0 Å². The molecule has 0 N–H and O–H groups in total. The van der Waals surface area contributed by atoms with Crippen molar-refractivity contribution in [3.63, 3.8) is 0 Å². The normalized spacial score (nSPS) is 11.6. The fourth-order valence-electron chi connectivity index (χ4n) is 2.47. The first-order valence-corrected chi connectivity index (χ1v) is 7.37. The average molecular weight is 322 g/mol. The molecule has 1 aromatic carbocycles. The van der Waals surface area contributed by atoms with Crippen molar-refractivity contribution in [2.24, 2.45) is 0 Å². The lowest BCUT2D eigenvalue weighted by atomic mass is 10.1. The molecule has 0 amide bonds. The van der Waals surface area contributed by atoms with Gasteiger partial charge in [0.25, 0.3) is 5.89 Å². The summed E-state index contributed by atoms with van der Waals surface area (Å²) >= 11 is 0. The predicted octanol–water partition coefficient (Wildman–Crippen LogP) is 4.56. The lowest BCUT2D eigenvalue weighted by molar-refractivity contribution is 0.409. The number of aryl methyl sites for hydroxylation is 1. The molecule has 0 saturated carbocycles. The summed E-state index contributed by atoms with van der Waals surface area (Å²) in [6.45, 7) is 1.95. The van der Waals surface area contributed by atoms with Crippen LogP contribution in [0.15, 0.2) is 50.0 Å². The van der Waals surface area contributed by atoms with E-state index >= 15 is 0 Å². The Labute approximate surface area is 137 Å². The number of nitrogens with zero attached hydrogens (tertiary/aromatic N) is 2. The van der Waals surface area contributed by atoms with Crippen LogP contribution in [0.25, 0.3) is 34.7 Å². The highest BCUT2D eigenvalue weighted by atomic mass is 16.5. The quantitative estimate of drug-likeness (QED) is 0.548. The molecule has 3 aromatic heterocycles. The Bertz CT molecular complexity index is 1010. The van der Waals surface area contributed by atoms with E-state index in [1.54, 1.807) is 25.5 Å². The number of benzene rings is 1. The van der Waals surface area contributed by atoms with Crippen molar-refractivity contribution in [2.75, 3.05) is 7.11 Å². The molecule has 3 heterocycles. The molecule has 0 atom stereocenters. The van der Waals surface area contributed by atoms with E-state index in [0.717, 1.165) is 22.3 Å². The van der Waals surface area contributed by atoms with Gasteiger partial charge in [-0.2, -0.15) is 4.98 Å². The highest BCUT2D eigenvalue weighted by Crippen LogP contribution is 2.33. The molecule has 0 aliphatic heterocycles. The van der Waals surface area contributed by atoms with E-state index in [1.165, 1.54) is 0 Å². The van der Waals surface area contributed by atoms with Gasteiger partial charge in [-0.25, -0.2) is 0 Å². The minimum atomic E-state index is 0.374. The van der Waals surface area contributed by atoms with Crippen LogP contribution in [-0.4, -0.2) is 17.3 Å². The second-order valence-corrected chi connectivity index (χ2v) is 5.22. The van der Waals surface area contributed by atoms with Crippen molar-refractivity contribution in [1.29, 1.82) is 0 Å². The monoisotopic (exact) mass is 322 g/mol. The summed E-state index contributed by atoms with van der Waals surface area (Å²) in [6.07, 6.45) is 5.05. The summed E-state index contributed by atoms with van der Waals surface area (Å²) in [7, 11) is 1.63. The third kappa shape index (κ3) is 2.48. The van der Waals surface area contributed by atoms with Crippen LogP contribution in [0.3, 0.4) is 0 Å². The molecule has 120 valence electrons. The third-order valence-electron chi connectivity index (χ3n) is 3.72. The summed E-state index contributed by atoms with van der Waals surface area (Å²) < 4.78 is 21.6. The van der Waals surface area contributed by atoms with Gasteiger partial charge in [0.15, 0.2) is 5.76 Å². The maximum atomic E-state index is 5.86. The first kappa shape index (κ1) is 14.3.